The van der Waals surface area contributed by atoms with E-state index >= 15 is 0 Å². The molecule has 0 saturated carbocycles. The van der Waals surface area contributed by atoms with Crippen LogP contribution in [0.3, 0.4) is 0 Å². The van der Waals surface area contributed by atoms with Crippen LogP contribution in [0, 0.1) is 6.92 Å². The van der Waals surface area contributed by atoms with Crippen molar-refractivity contribution in [3.8, 4) is 0 Å². The van der Waals surface area contributed by atoms with E-state index in [9.17, 15) is 0 Å². The fourth-order valence-electron chi connectivity index (χ4n) is 1.67. The van der Waals surface area contributed by atoms with E-state index in [0.29, 0.717) is 0 Å². The molecule has 2 aromatic carbocycles. The number of halogens is 3. The summed E-state index contributed by atoms with van der Waals surface area (Å²) in [7, 11) is 0. The molecule has 94 valence electrons. The van der Waals surface area contributed by atoms with Gasteiger partial charge in [-0.3, -0.25) is 0 Å². The summed E-state index contributed by atoms with van der Waals surface area (Å²) in [5, 5.41) is 4.15. The molecule has 2 aromatic rings. The van der Waals surface area contributed by atoms with Crippen molar-refractivity contribution in [2.24, 2.45) is 0 Å². The molecule has 0 aliphatic carbocycles. The predicted molar refractivity (Wildman–Crippen MR) is 85.4 cm³/mol. The molecule has 0 amide bonds. The number of benzene rings is 2. The molecule has 0 fully saturated rings. The van der Waals surface area contributed by atoms with E-state index in [-0.39, 0.29) is 0 Å². The number of rotatable bonds is 3. The highest BCUT2D eigenvalue weighted by molar-refractivity contribution is 9.10. The van der Waals surface area contributed by atoms with Gasteiger partial charge < -0.3 is 5.32 Å². The van der Waals surface area contributed by atoms with Gasteiger partial charge in [-0.15, -0.1) is 0 Å². The summed E-state index contributed by atoms with van der Waals surface area (Å²) in [6.45, 7) is 2.84. The quantitative estimate of drug-likeness (QED) is 0.701. The second kappa shape index (κ2) is 6.09. The maximum Gasteiger partial charge on any atom is 0.0551 e. The van der Waals surface area contributed by atoms with Gasteiger partial charge in [0, 0.05) is 21.2 Å². The van der Waals surface area contributed by atoms with Crippen LogP contribution in [0.25, 0.3) is 0 Å². The first-order valence-corrected chi connectivity index (χ1v) is 7.46. The summed E-state index contributed by atoms with van der Waals surface area (Å²) >= 11 is 12.9. The van der Waals surface area contributed by atoms with E-state index < -0.39 is 0 Å². The highest BCUT2D eigenvalue weighted by Gasteiger charge is 2.01. The van der Waals surface area contributed by atoms with E-state index in [1.165, 1.54) is 5.56 Å². The van der Waals surface area contributed by atoms with Crippen LogP contribution in [0.2, 0.25) is 5.02 Å². The third-order valence-electron chi connectivity index (χ3n) is 2.66. The van der Waals surface area contributed by atoms with Crippen LogP contribution in [0.5, 0.6) is 0 Å². The third kappa shape index (κ3) is 3.50. The largest absolute Gasteiger partial charge is 0.381 e. The summed E-state index contributed by atoms with van der Waals surface area (Å²) in [5.74, 6) is 0. The van der Waals surface area contributed by atoms with Crippen molar-refractivity contribution in [1.29, 1.82) is 0 Å². The molecule has 0 unspecified atom stereocenters. The van der Waals surface area contributed by atoms with Gasteiger partial charge in [0.25, 0.3) is 0 Å². The van der Waals surface area contributed by atoms with Crippen LogP contribution in [0.15, 0.2) is 45.3 Å². The second-order valence-electron chi connectivity index (χ2n) is 4.06. The summed E-state index contributed by atoms with van der Waals surface area (Å²) < 4.78 is 2.02. The first-order valence-electron chi connectivity index (χ1n) is 5.50. The Morgan fingerprint density at radius 2 is 1.89 bits per heavy atom. The minimum atomic E-state index is 0.738. The lowest BCUT2D eigenvalue weighted by Crippen LogP contribution is -2.00. The van der Waals surface area contributed by atoms with Gasteiger partial charge >= 0.3 is 0 Å². The zero-order valence-corrected chi connectivity index (χ0v) is 13.7. The lowest BCUT2D eigenvalue weighted by Gasteiger charge is -2.10. The molecule has 1 N–H and O–H groups in total. The van der Waals surface area contributed by atoms with Crippen molar-refractivity contribution in [1.82, 2.24) is 0 Å². The molecule has 0 heterocycles. The van der Waals surface area contributed by atoms with E-state index in [2.05, 4.69) is 62.3 Å². The van der Waals surface area contributed by atoms with E-state index in [1.54, 1.807) is 0 Å². The Balaban J connectivity index is 2.09. The van der Waals surface area contributed by atoms with Crippen molar-refractivity contribution in [2.75, 3.05) is 5.32 Å². The van der Waals surface area contributed by atoms with Crippen molar-refractivity contribution >= 4 is 49.1 Å². The molecule has 0 radical (unpaired) electrons. The topological polar surface area (TPSA) is 12.0 Å². The fraction of sp³-hybridized carbons (Fsp3) is 0.143. The van der Waals surface area contributed by atoms with Crippen LogP contribution in [-0.2, 0) is 6.54 Å². The minimum absolute atomic E-state index is 0.738. The highest BCUT2D eigenvalue weighted by atomic mass is 79.9. The van der Waals surface area contributed by atoms with Crippen LogP contribution in [0.1, 0.15) is 11.1 Å². The molecule has 1 nitrogen and oxygen atoms in total. The number of nitrogens with one attached hydrogen (secondary N) is 1. The van der Waals surface area contributed by atoms with E-state index in [4.69, 9.17) is 11.6 Å². The van der Waals surface area contributed by atoms with Gasteiger partial charge in [-0.25, -0.2) is 0 Å². The summed E-state index contributed by atoms with van der Waals surface area (Å²) in [6.07, 6.45) is 0. The molecule has 18 heavy (non-hydrogen) atoms. The molecule has 0 saturated heterocycles. The summed E-state index contributed by atoms with van der Waals surface area (Å²) in [5.41, 5.74) is 3.51. The fourth-order valence-corrected chi connectivity index (χ4v) is 2.60. The number of aryl methyl sites for hydroxylation is 1. The average Bonchev–Trinajstić information content (AvgIpc) is 2.32. The lowest BCUT2D eigenvalue weighted by molar-refractivity contribution is 1.14. The smallest absolute Gasteiger partial charge is 0.0551 e. The van der Waals surface area contributed by atoms with Crippen molar-refractivity contribution in [2.45, 2.75) is 13.5 Å². The van der Waals surface area contributed by atoms with Crippen LogP contribution >= 0.6 is 43.5 Å². The van der Waals surface area contributed by atoms with Crippen molar-refractivity contribution in [3.05, 3.63) is 61.5 Å². The predicted octanol–water partition coefficient (Wildman–Crippen LogP) is 5.79. The van der Waals surface area contributed by atoms with Crippen molar-refractivity contribution in [3.63, 3.8) is 0 Å². The van der Waals surface area contributed by atoms with Crippen LogP contribution < -0.4 is 5.32 Å². The SMILES string of the molecule is Cc1cc(Br)ccc1NCc1ccc(Br)c(Cl)c1. The summed E-state index contributed by atoms with van der Waals surface area (Å²) in [6, 6.07) is 12.2. The Bertz CT molecular complexity index is 570. The van der Waals surface area contributed by atoms with Gasteiger partial charge in [0.2, 0.25) is 0 Å². The first-order chi connectivity index (χ1) is 8.56. The average molecular weight is 390 g/mol. The monoisotopic (exact) mass is 387 g/mol. The molecule has 0 bridgehead atoms. The Morgan fingerprint density at radius 3 is 2.56 bits per heavy atom. The zero-order valence-electron chi connectivity index (χ0n) is 9.81. The van der Waals surface area contributed by atoms with Crippen molar-refractivity contribution < 1.29 is 0 Å². The standard InChI is InChI=1S/C14H12Br2ClN/c1-9-6-11(15)3-5-14(9)18-8-10-2-4-12(16)13(17)7-10/h2-7,18H,8H2,1H3. The van der Waals surface area contributed by atoms with Gasteiger partial charge in [-0.2, -0.15) is 0 Å². The van der Waals surface area contributed by atoms with Crippen LogP contribution in [0.4, 0.5) is 5.69 Å². The van der Waals surface area contributed by atoms with Gasteiger partial charge in [-0.05, 0) is 64.3 Å². The van der Waals surface area contributed by atoms with Gasteiger partial charge in [-0.1, -0.05) is 33.6 Å². The minimum Gasteiger partial charge on any atom is -0.381 e. The molecule has 4 heteroatoms. The highest BCUT2D eigenvalue weighted by Crippen LogP contribution is 2.24. The van der Waals surface area contributed by atoms with Crippen LogP contribution in [-0.4, -0.2) is 0 Å². The Hall–Kier alpha value is -0.510. The molecular weight excluding hydrogens is 377 g/mol. The Labute approximate surface area is 129 Å². The zero-order chi connectivity index (χ0) is 13.1. The molecule has 0 aromatic heterocycles. The number of hydrogen-bond donors (Lipinski definition) is 1. The van der Waals surface area contributed by atoms with Gasteiger partial charge in [0.05, 0.1) is 5.02 Å². The van der Waals surface area contributed by atoms with Gasteiger partial charge in [0.1, 0.15) is 0 Å². The lowest BCUT2D eigenvalue weighted by atomic mass is 10.2. The molecular formula is C14H12Br2ClN. The molecule has 0 spiro atoms. The third-order valence-corrected chi connectivity index (χ3v) is 4.38. The number of hydrogen-bond acceptors (Lipinski definition) is 1. The Morgan fingerprint density at radius 1 is 1.11 bits per heavy atom. The van der Waals surface area contributed by atoms with E-state index in [1.807, 2.05) is 18.2 Å². The number of anilines is 1. The van der Waals surface area contributed by atoms with Gasteiger partial charge in [0.15, 0.2) is 0 Å². The maximum atomic E-state index is 6.07. The summed E-state index contributed by atoms with van der Waals surface area (Å²) in [4.78, 5) is 0. The Kier molecular flexibility index (Phi) is 4.71. The molecule has 2 rings (SSSR count). The molecule has 0 aliphatic heterocycles. The maximum absolute atomic E-state index is 6.07. The molecule has 0 aliphatic rings. The normalized spacial score (nSPS) is 10.4. The first kappa shape index (κ1) is 13.9. The van der Waals surface area contributed by atoms with E-state index in [0.717, 1.165) is 31.8 Å². The second-order valence-corrected chi connectivity index (χ2v) is 6.24. The molecule has 0 atom stereocenters.